The maximum atomic E-state index is 12.7. The Bertz CT molecular complexity index is 1210. The summed E-state index contributed by atoms with van der Waals surface area (Å²) in [5.41, 5.74) is 2.93. The monoisotopic (exact) mass is 510 g/mol. The van der Waals surface area contributed by atoms with Gasteiger partial charge in [0.25, 0.3) is 0 Å². The molecule has 0 saturated heterocycles. The second kappa shape index (κ2) is 13.2. The molecule has 1 amide bonds. The van der Waals surface area contributed by atoms with Crippen LogP contribution in [0.3, 0.4) is 0 Å². The fourth-order valence-corrected chi connectivity index (χ4v) is 5.05. The Hall–Kier alpha value is -3.20. The molecule has 192 valence electrons. The Labute approximate surface area is 213 Å². The van der Waals surface area contributed by atoms with Crippen molar-refractivity contribution in [1.82, 2.24) is 10.6 Å². The van der Waals surface area contributed by atoms with E-state index in [9.17, 15) is 18.3 Å². The van der Waals surface area contributed by atoms with E-state index >= 15 is 0 Å². The third-order valence-electron chi connectivity index (χ3n) is 5.90. The molecule has 0 unspecified atom stereocenters. The Kier molecular flexibility index (Phi) is 10.0. The van der Waals surface area contributed by atoms with Gasteiger partial charge in [-0.1, -0.05) is 60.2 Å². The van der Waals surface area contributed by atoms with Gasteiger partial charge in [0, 0.05) is 19.5 Å². The van der Waals surface area contributed by atoms with E-state index in [-0.39, 0.29) is 23.6 Å². The maximum Gasteiger partial charge on any atom is 0.221 e. The van der Waals surface area contributed by atoms with Gasteiger partial charge in [-0.25, -0.2) is 8.42 Å². The van der Waals surface area contributed by atoms with Crippen LogP contribution >= 0.6 is 0 Å². The summed E-state index contributed by atoms with van der Waals surface area (Å²) in [7, 11) is -1.97. The van der Waals surface area contributed by atoms with Crippen LogP contribution in [0.25, 0.3) is 0 Å². The molecular weight excluding hydrogens is 476 g/mol. The molecule has 0 heterocycles. The predicted octanol–water partition coefficient (Wildman–Crippen LogP) is 3.05. The van der Waals surface area contributed by atoms with Crippen molar-refractivity contribution in [1.29, 1.82) is 0 Å². The largest absolute Gasteiger partial charge is 0.497 e. The van der Waals surface area contributed by atoms with Crippen LogP contribution in [-0.4, -0.2) is 51.0 Å². The molecular formula is C28H34N2O5S. The molecule has 0 bridgehead atoms. The standard InChI is InChI=1S/C28H34N2O5S/c1-21-11-13-25(14-12-21)36(33,34)16-15-28(32)30-26(18-22-7-4-3-5-8-22)27(31)20-29-19-23-9-6-10-24(17-23)35-2/h3-14,17,26-27,29,31H,15-16,18-20H2,1-2H3,(H,30,32)/t26-,27-/m0/s1. The van der Waals surface area contributed by atoms with Crippen molar-refractivity contribution in [2.24, 2.45) is 0 Å². The van der Waals surface area contributed by atoms with Crippen molar-refractivity contribution < 1.29 is 23.1 Å². The molecule has 0 radical (unpaired) electrons. The number of aliphatic hydroxyl groups is 1. The topological polar surface area (TPSA) is 105 Å². The number of hydrogen-bond acceptors (Lipinski definition) is 6. The van der Waals surface area contributed by atoms with Crippen LogP contribution in [0.4, 0.5) is 0 Å². The van der Waals surface area contributed by atoms with Crippen LogP contribution in [0.5, 0.6) is 5.75 Å². The first-order valence-electron chi connectivity index (χ1n) is 11.9. The highest BCUT2D eigenvalue weighted by Gasteiger charge is 2.23. The first kappa shape index (κ1) is 27.4. The summed E-state index contributed by atoms with van der Waals surface area (Å²) in [5.74, 6) is 0.0348. The van der Waals surface area contributed by atoms with Gasteiger partial charge in [-0.2, -0.15) is 0 Å². The van der Waals surface area contributed by atoms with E-state index in [4.69, 9.17) is 4.74 Å². The molecule has 0 aliphatic carbocycles. The van der Waals surface area contributed by atoms with E-state index in [1.54, 1.807) is 31.4 Å². The van der Waals surface area contributed by atoms with Crippen LogP contribution < -0.4 is 15.4 Å². The number of rotatable bonds is 13. The molecule has 0 aliphatic rings. The van der Waals surface area contributed by atoms with Crippen molar-refractivity contribution in [3.05, 3.63) is 95.6 Å². The number of aryl methyl sites for hydroxylation is 1. The minimum atomic E-state index is -3.58. The van der Waals surface area contributed by atoms with Gasteiger partial charge in [0.1, 0.15) is 5.75 Å². The molecule has 7 nitrogen and oxygen atoms in total. The highest BCUT2D eigenvalue weighted by atomic mass is 32.2. The summed E-state index contributed by atoms with van der Waals surface area (Å²) in [6.07, 6.45) is -0.654. The van der Waals surface area contributed by atoms with E-state index in [0.717, 1.165) is 22.4 Å². The molecule has 3 N–H and O–H groups in total. The lowest BCUT2D eigenvalue weighted by Crippen LogP contribution is -2.48. The first-order chi connectivity index (χ1) is 17.3. The Morgan fingerprint density at radius 2 is 1.67 bits per heavy atom. The van der Waals surface area contributed by atoms with Gasteiger partial charge in [0.05, 0.1) is 29.9 Å². The zero-order valence-corrected chi connectivity index (χ0v) is 21.5. The molecule has 36 heavy (non-hydrogen) atoms. The van der Waals surface area contributed by atoms with E-state index in [1.807, 2.05) is 61.5 Å². The number of methoxy groups -OCH3 is 1. The van der Waals surface area contributed by atoms with Crippen molar-refractivity contribution in [3.8, 4) is 5.75 Å². The summed E-state index contributed by atoms with van der Waals surface area (Å²) in [5, 5.41) is 17.0. The lowest BCUT2D eigenvalue weighted by atomic mass is 10.0. The smallest absolute Gasteiger partial charge is 0.221 e. The minimum Gasteiger partial charge on any atom is -0.497 e. The molecule has 3 rings (SSSR count). The molecule has 0 saturated carbocycles. The second-order valence-corrected chi connectivity index (χ2v) is 10.9. The third kappa shape index (κ3) is 8.48. The van der Waals surface area contributed by atoms with Crippen molar-refractivity contribution in [2.45, 2.75) is 43.4 Å². The molecule has 0 aliphatic heterocycles. The molecule has 0 fully saturated rings. The normalized spacial score (nSPS) is 13.1. The van der Waals surface area contributed by atoms with Gasteiger partial charge in [0.2, 0.25) is 5.91 Å². The molecule has 0 aromatic heterocycles. The zero-order valence-electron chi connectivity index (χ0n) is 20.7. The van der Waals surface area contributed by atoms with Crippen LogP contribution in [0.2, 0.25) is 0 Å². The number of benzene rings is 3. The summed E-state index contributed by atoms with van der Waals surface area (Å²) in [4.78, 5) is 12.9. The molecule has 0 spiro atoms. The number of aliphatic hydroxyl groups excluding tert-OH is 1. The summed E-state index contributed by atoms with van der Waals surface area (Å²) < 4.78 is 30.5. The van der Waals surface area contributed by atoms with Gasteiger partial charge in [-0.3, -0.25) is 4.79 Å². The van der Waals surface area contributed by atoms with E-state index in [0.29, 0.717) is 13.0 Å². The minimum absolute atomic E-state index is 0.189. The van der Waals surface area contributed by atoms with E-state index in [2.05, 4.69) is 10.6 Å². The molecule has 8 heteroatoms. The fourth-order valence-electron chi connectivity index (χ4n) is 3.81. The Morgan fingerprint density at radius 3 is 2.36 bits per heavy atom. The number of carbonyl (C=O) groups is 1. The van der Waals surface area contributed by atoms with Crippen molar-refractivity contribution in [2.75, 3.05) is 19.4 Å². The van der Waals surface area contributed by atoms with Gasteiger partial charge >= 0.3 is 0 Å². The van der Waals surface area contributed by atoms with E-state index in [1.165, 1.54) is 0 Å². The highest BCUT2D eigenvalue weighted by molar-refractivity contribution is 7.91. The zero-order chi connectivity index (χ0) is 26.0. The lowest BCUT2D eigenvalue weighted by molar-refractivity contribution is -0.122. The molecule has 3 aromatic rings. The fraction of sp³-hybridized carbons (Fsp3) is 0.321. The first-order valence-corrected chi connectivity index (χ1v) is 13.6. The number of ether oxygens (including phenoxy) is 1. The van der Waals surface area contributed by atoms with Crippen LogP contribution in [0.1, 0.15) is 23.1 Å². The van der Waals surface area contributed by atoms with Crippen molar-refractivity contribution in [3.63, 3.8) is 0 Å². The number of hydrogen-bond donors (Lipinski definition) is 3. The average molecular weight is 511 g/mol. The van der Waals surface area contributed by atoms with Crippen LogP contribution in [0.15, 0.2) is 83.8 Å². The third-order valence-corrected chi connectivity index (χ3v) is 7.64. The SMILES string of the molecule is COc1cccc(CNC[C@H](O)[C@H](Cc2ccccc2)NC(=O)CCS(=O)(=O)c2ccc(C)cc2)c1. The second-order valence-electron chi connectivity index (χ2n) is 8.80. The van der Waals surface area contributed by atoms with Gasteiger partial charge in [-0.15, -0.1) is 0 Å². The lowest BCUT2D eigenvalue weighted by Gasteiger charge is -2.25. The Morgan fingerprint density at radius 1 is 0.972 bits per heavy atom. The predicted molar refractivity (Wildman–Crippen MR) is 141 cm³/mol. The number of carbonyl (C=O) groups excluding carboxylic acids is 1. The Balaban J connectivity index is 1.60. The van der Waals surface area contributed by atoms with Gasteiger partial charge < -0.3 is 20.5 Å². The van der Waals surface area contributed by atoms with Gasteiger partial charge in [-0.05, 0) is 48.7 Å². The number of nitrogens with one attached hydrogen (secondary N) is 2. The number of amides is 1. The van der Waals surface area contributed by atoms with Crippen molar-refractivity contribution >= 4 is 15.7 Å². The quantitative estimate of drug-likeness (QED) is 0.327. The van der Waals surface area contributed by atoms with E-state index < -0.39 is 27.9 Å². The van der Waals surface area contributed by atoms with Crippen LogP contribution in [-0.2, 0) is 27.6 Å². The highest BCUT2D eigenvalue weighted by Crippen LogP contribution is 2.14. The molecule has 3 aromatic carbocycles. The number of sulfone groups is 1. The van der Waals surface area contributed by atoms with Gasteiger partial charge in [0.15, 0.2) is 9.84 Å². The summed E-state index contributed by atoms with van der Waals surface area (Å²) in [6, 6.07) is 23.2. The van der Waals surface area contributed by atoms with Crippen LogP contribution in [0, 0.1) is 6.92 Å². The molecule has 2 atom stereocenters. The summed E-state index contributed by atoms with van der Waals surface area (Å²) in [6.45, 7) is 2.65. The average Bonchev–Trinajstić information content (AvgIpc) is 2.88. The maximum absolute atomic E-state index is 12.7. The summed E-state index contributed by atoms with van der Waals surface area (Å²) >= 11 is 0.